The first-order valence-corrected chi connectivity index (χ1v) is 7.43. The molecule has 1 aliphatic rings. The lowest BCUT2D eigenvalue weighted by Gasteiger charge is -2.28. The number of Topliss-reactive ketones (excluding diaryl/α,β-unsaturated/α-hetero) is 1. The van der Waals surface area contributed by atoms with Crippen LogP contribution in [0, 0.1) is 0 Å². The van der Waals surface area contributed by atoms with E-state index in [9.17, 15) is 4.79 Å². The first-order valence-electron chi connectivity index (χ1n) is 7.43. The largest absolute Gasteiger partial charge is 0.480 e. The predicted molar refractivity (Wildman–Crippen MR) is 87.3 cm³/mol. The molecule has 0 bridgehead atoms. The number of rotatable bonds is 2. The van der Waals surface area contributed by atoms with Crippen molar-refractivity contribution in [1.29, 1.82) is 0 Å². The third kappa shape index (κ3) is 2.46. The van der Waals surface area contributed by atoms with Crippen molar-refractivity contribution in [2.45, 2.75) is 6.10 Å². The summed E-state index contributed by atoms with van der Waals surface area (Å²) in [5.41, 5.74) is 2.09. The number of benzene rings is 2. The number of hydrogen-bond acceptors (Lipinski definition) is 3. The monoisotopic (exact) mass is 302 g/mol. The summed E-state index contributed by atoms with van der Waals surface area (Å²) in [7, 11) is 0. The molecule has 0 N–H and O–H groups in total. The van der Waals surface area contributed by atoms with Crippen molar-refractivity contribution in [3.05, 3.63) is 95.5 Å². The van der Waals surface area contributed by atoms with Crippen molar-refractivity contribution >= 4 is 11.9 Å². The quantitative estimate of drug-likeness (QED) is 0.645. The summed E-state index contributed by atoms with van der Waals surface area (Å²) in [6, 6.07) is 20.7. The van der Waals surface area contributed by atoms with Crippen LogP contribution in [0.2, 0.25) is 0 Å². The van der Waals surface area contributed by atoms with Crippen molar-refractivity contribution in [3.63, 3.8) is 0 Å². The Balaban J connectivity index is 1.87. The van der Waals surface area contributed by atoms with Crippen molar-refractivity contribution in [3.8, 4) is 5.75 Å². The lowest BCUT2D eigenvalue weighted by atomic mass is 9.90. The van der Waals surface area contributed by atoms with Gasteiger partial charge in [-0.3, -0.25) is 4.79 Å². The Kier molecular flexibility index (Phi) is 3.31. The molecule has 0 radical (unpaired) electrons. The van der Waals surface area contributed by atoms with Gasteiger partial charge in [0.15, 0.2) is 11.9 Å². The van der Waals surface area contributed by atoms with E-state index in [4.69, 9.17) is 9.15 Å². The van der Waals surface area contributed by atoms with Gasteiger partial charge in [0.05, 0.1) is 11.8 Å². The molecule has 1 atom stereocenters. The van der Waals surface area contributed by atoms with Crippen LogP contribution in [0.1, 0.15) is 27.8 Å². The molecule has 3 heteroatoms. The summed E-state index contributed by atoms with van der Waals surface area (Å²) < 4.78 is 11.5. The van der Waals surface area contributed by atoms with Crippen LogP contribution in [-0.4, -0.2) is 5.78 Å². The second-order valence-electron chi connectivity index (χ2n) is 5.35. The molecule has 3 nitrogen and oxygen atoms in total. The Morgan fingerprint density at radius 2 is 1.65 bits per heavy atom. The molecule has 23 heavy (non-hydrogen) atoms. The predicted octanol–water partition coefficient (Wildman–Crippen LogP) is 4.68. The maximum absolute atomic E-state index is 12.9. The molecule has 0 fully saturated rings. The number of fused-ring (bicyclic) bond motifs is 1. The summed E-state index contributed by atoms with van der Waals surface area (Å²) in [6.07, 6.45) is 2.91. The Bertz CT molecular complexity index is 861. The minimum atomic E-state index is -0.441. The molecule has 4 rings (SSSR count). The molecular formula is C20H14O3. The van der Waals surface area contributed by atoms with Gasteiger partial charge in [-0.15, -0.1) is 0 Å². The highest BCUT2D eigenvalue weighted by molar-refractivity contribution is 6.14. The first kappa shape index (κ1) is 13.6. The standard InChI is InChI=1S/C20H14O3/c21-19-16-10-4-5-11-18(16)23-20(14-7-2-1-3-8-14)17(19)13-15-9-6-12-22-15/h1-13,20H/b17-13+/t20-/m1/s1. The SMILES string of the molecule is O=C1/C(=C\c2ccco2)[C@@H](c2ccccc2)Oc2ccccc21. The van der Waals surface area contributed by atoms with E-state index in [1.807, 2.05) is 54.6 Å². The second-order valence-corrected chi connectivity index (χ2v) is 5.35. The second kappa shape index (κ2) is 5.61. The summed E-state index contributed by atoms with van der Waals surface area (Å²) in [4.78, 5) is 12.9. The van der Waals surface area contributed by atoms with Crippen LogP contribution in [0.5, 0.6) is 5.75 Å². The molecule has 1 aromatic heterocycles. The van der Waals surface area contributed by atoms with E-state index in [0.29, 0.717) is 22.6 Å². The number of carbonyl (C=O) groups excluding carboxylic acids is 1. The number of ketones is 1. The molecule has 0 amide bonds. The van der Waals surface area contributed by atoms with E-state index in [0.717, 1.165) is 5.56 Å². The van der Waals surface area contributed by atoms with Crippen LogP contribution in [-0.2, 0) is 0 Å². The van der Waals surface area contributed by atoms with Gasteiger partial charge in [0.2, 0.25) is 0 Å². The van der Waals surface area contributed by atoms with Crippen LogP contribution in [0.15, 0.2) is 83.0 Å². The van der Waals surface area contributed by atoms with E-state index in [1.54, 1.807) is 24.5 Å². The number of ether oxygens (including phenoxy) is 1. The van der Waals surface area contributed by atoms with E-state index in [-0.39, 0.29) is 5.78 Å². The summed E-state index contributed by atoms with van der Waals surface area (Å²) in [6.45, 7) is 0. The number of furan rings is 1. The van der Waals surface area contributed by atoms with Crippen molar-refractivity contribution in [2.24, 2.45) is 0 Å². The number of carbonyl (C=O) groups is 1. The third-order valence-corrected chi connectivity index (χ3v) is 3.86. The molecule has 3 aromatic rings. The molecule has 0 unspecified atom stereocenters. The highest BCUT2D eigenvalue weighted by Gasteiger charge is 2.32. The normalized spacial score (nSPS) is 18.5. The van der Waals surface area contributed by atoms with Crippen molar-refractivity contribution in [1.82, 2.24) is 0 Å². The van der Waals surface area contributed by atoms with Crippen LogP contribution in [0.4, 0.5) is 0 Å². The fourth-order valence-corrected chi connectivity index (χ4v) is 2.77. The Hall–Kier alpha value is -3.07. The van der Waals surface area contributed by atoms with Gasteiger partial charge in [0, 0.05) is 5.57 Å². The zero-order valence-electron chi connectivity index (χ0n) is 12.3. The van der Waals surface area contributed by atoms with E-state index in [2.05, 4.69) is 0 Å². The summed E-state index contributed by atoms with van der Waals surface area (Å²) in [5, 5.41) is 0. The van der Waals surface area contributed by atoms with E-state index in [1.165, 1.54) is 0 Å². The van der Waals surface area contributed by atoms with Crippen molar-refractivity contribution < 1.29 is 13.9 Å². The van der Waals surface area contributed by atoms with Gasteiger partial charge in [0.25, 0.3) is 0 Å². The molecule has 2 heterocycles. The van der Waals surface area contributed by atoms with Gasteiger partial charge in [-0.25, -0.2) is 0 Å². The molecule has 0 saturated carbocycles. The maximum Gasteiger partial charge on any atom is 0.196 e. The zero-order valence-corrected chi connectivity index (χ0v) is 12.3. The highest BCUT2D eigenvalue weighted by Crippen LogP contribution is 2.39. The van der Waals surface area contributed by atoms with E-state index < -0.39 is 6.10 Å². The fourth-order valence-electron chi connectivity index (χ4n) is 2.77. The van der Waals surface area contributed by atoms with Gasteiger partial charge < -0.3 is 9.15 Å². The van der Waals surface area contributed by atoms with Crippen LogP contribution >= 0.6 is 0 Å². The first-order chi connectivity index (χ1) is 11.3. The molecular weight excluding hydrogens is 288 g/mol. The average Bonchev–Trinajstić information content (AvgIpc) is 3.11. The van der Waals surface area contributed by atoms with Gasteiger partial charge in [0.1, 0.15) is 11.5 Å². The fraction of sp³-hybridized carbons (Fsp3) is 0.0500. The maximum atomic E-state index is 12.9. The Morgan fingerprint density at radius 1 is 0.870 bits per heavy atom. The molecule has 2 aromatic carbocycles. The number of para-hydroxylation sites is 1. The van der Waals surface area contributed by atoms with Gasteiger partial charge >= 0.3 is 0 Å². The molecule has 0 saturated heterocycles. The summed E-state index contributed by atoms with van der Waals surface area (Å²) >= 11 is 0. The van der Waals surface area contributed by atoms with Crippen LogP contribution in [0.3, 0.4) is 0 Å². The zero-order chi connectivity index (χ0) is 15.6. The van der Waals surface area contributed by atoms with Crippen molar-refractivity contribution in [2.75, 3.05) is 0 Å². The Labute approximate surface area is 133 Å². The molecule has 112 valence electrons. The van der Waals surface area contributed by atoms with Gasteiger partial charge in [-0.1, -0.05) is 42.5 Å². The van der Waals surface area contributed by atoms with Gasteiger partial charge in [-0.2, -0.15) is 0 Å². The third-order valence-electron chi connectivity index (χ3n) is 3.86. The molecule has 1 aliphatic heterocycles. The minimum Gasteiger partial charge on any atom is -0.480 e. The lowest BCUT2D eigenvalue weighted by Crippen LogP contribution is -2.23. The molecule has 0 spiro atoms. The smallest absolute Gasteiger partial charge is 0.196 e. The van der Waals surface area contributed by atoms with Gasteiger partial charge in [-0.05, 0) is 35.9 Å². The van der Waals surface area contributed by atoms with Crippen LogP contribution in [0.25, 0.3) is 6.08 Å². The Morgan fingerprint density at radius 3 is 2.43 bits per heavy atom. The highest BCUT2D eigenvalue weighted by atomic mass is 16.5. The molecule has 0 aliphatic carbocycles. The topological polar surface area (TPSA) is 39.4 Å². The van der Waals surface area contributed by atoms with E-state index >= 15 is 0 Å². The van der Waals surface area contributed by atoms with Crippen LogP contribution < -0.4 is 4.74 Å². The number of hydrogen-bond donors (Lipinski definition) is 0. The minimum absolute atomic E-state index is 0.0305. The average molecular weight is 302 g/mol. The lowest BCUT2D eigenvalue weighted by molar-refractivity contribution is 0.0963. The summed E-state index contributed by atoms with van der Waals surface area (Å²) in [5.74, 6) is 1.22.